The van der Waals surface area contributed by atoms with E-state index in [1.807, 2.05) is 31.2 Å². The number of aryl methyl sites for hydroxylation is 4. The van der Waals surface area contributed by atoms with Gasteiger partial charge in [0, 0.05) is 15.8 Å². The summed E-state index contributed by atoms with van der Waals surface area (Å²) in [5.41, 5.74) is 6.67. The Morgan fingerprint density at radius 3 is 2.64 bits per heavy atom. The van der Waals surface area contributed by atoms with Gasteiger partial charge in [-0.05, 0) is 62.8 Å². The first-order valence-corrected chi connectivity index (χ1v) is 11.8. The highest BCUT2D eigenvalue weighted by Gasteiger charge is 2.26. The number of ether oxygens (including phenoxy) is 1. The van der Waals surface area contributed by atoms with Crippen LogP contribution in [0.2, 0.25) is 0 Å². The van der Waals surface area contributed by atoms with Gasteiger partial charge in [0.2, 0.25) is 0 Å². The maximum atomic E-state index is 13.7. The molecule has 2 aromatic heterocycles. The lowest BCUT2D eigenvalue weighted by Gasteiger charge is -2.18. The average molecular weight is 479 g/mol. The number of nitrogens with zero attached hydrogens (tertiary/aromatic N) is 1. The molecule has 33 heavy (non-hydrogen) atoms. The van der Waals surface area contributed by atoms with Gasteiger partial charge in [-0.3, -0.25) is 4.79 Å². The van der Waals surface area contributed by atoms with Crippen molar-refractivity contribution in [2.24, 2.45) is 0 Å². The molecule has 0 saturated carbocycles. The molecule has 6 heteroatoms. The zero-order valence-electron chi connectivity index (χ0n) is 19.0. The summed E-state index contributed by atoms with van der Waals surface area (Å²) in [6, 6.07) is 15.9. The minimum Gasteiger partial charge on any atom is -0.495 e. The van der Waals surface area contributed by atoms with Crippen molar-refractivity contribution in [3.05, 3.63) is 75.8 Å². The van der Waals surface area contributed by atoms with Crippen LogP contribution in [0, 0.1) is 13.8 Å². The lowest BCUT2D eigenvalue weighted by molar-refractivity contribution is 0.102. The first kappa shape index (κ1) is 23.3. The molecule has 4 nitrogen and oxygen atoms in total. The van der Waals surface area contributed by atoms with Gasteiger partial charge < -0.3 is 10.1 Å². The fraction of sp³-hybridized carbons (Fsp3) is 0.259. The third-order valence-corrected chi connectivity index (χ3v) is 7.36. The monoisotopic (exact) mass is 478 g/mol. The predicted octanol–water partition coefficient (Wildman–Crippen LogP) is 7.14. The molecule has 1 amide bonds. The van der Waals surface area contributed by atoms with Gasteiger partial charge in [0.25, 0.3) is 5.91 Å². The first-order chi connectivity index (χ1) is 15.6. The van der Waals surface area contributed by atoms with Gasteiger partial charge in [-0.15, -0.1) is 23.7 Å². The average Bonchev–Trinajstić information content (AvgIpc) is 3.16. The number of thiophene rings is 1. The van der Waals surface area contributed by atoms with Gasteiger partial charge in [-0.25, -0.2) is 4.98 Å². The van der Waals surface area contributed by atoms with E-state index in [0.29, 0.717) is 17.0 Å². The van der Waals surface area contributed by atoms with Crippen molar-refractivity contribution in [1.82, 2.24) is 4.98 Å². The molecule has 170 valence electrons. The maximum Gasteiger partial charge on any atom is 0.258 e. The fourth-order valence-electron chi connectivity index (χ4n) is 4.70. The Labute approximate surface area is 204 Å². The van der Waals surface area contributed by atoms with E-state index in [4.69, 9.17) is 9.72 Å². The quantitative estimate of drug-likeness (QED) is 0.339. The van der Waals surface area contributed by atoms with Crippen molar-refractivity contribution in [2.75, 3.05) is 12.4 Å². The molecule has 0 aliphatic heterocycles. The molecule has 0 radical (unpaired) electrons. The van der Waals surface area contributed by atoms with Gasteiger partial charge in [-0.1, -0.05) is 42.0 Å². The highest BCUT2D eigenvalue weighted by atomic mass is 35.5. The van der Waals surface area contributed by atoms with Crippen LogP contribution in [-0.4, -0.2) is 18.0 Å². The molecular weight excluding hydrogens is 452 g/mol. The third kappa shape index (κ3) is 4.23. The molecule has 4 aromatic rings. The lowest BCUT2D eigenvalue weighted by Crippen LogP contribution is -2.16. The van der Waals surface area contributed by atoms with Crippen molar-refractivity contribution in [3.63, 3.8) is 0 Å². The Hall–Kier alpha value is -2.89. The minimum absolute atomic E-state index is 0. The Kier molecular flexibility index (Phi) is 6.73. The van der Waals surface area contributed by atoms with E-state index in [-0.39, 0.29) is 18.3 Å². The Morgan fingerprint density at radius 2 is 1.85 bits per heavy atom. The van der Waals surface area contributed by atoms with E-state index in [2.05, 4.69) is 36.5 Å². The van der Waals surface area contributed by atoms with Crippen molar-refractivity contribution in [1.29, 1.82) is 0 Å². The van der Waals surface area contributed by atoms with Gasteiger partial charge in [0.15, 0.2) is 0 Å². The summed E-state index contributed by atoms with van der Waals surface area (Å²) in [6.07, 6.45) is 4.56. The van der Waals surface area contributed by atoms with Crippen LogP contribution < -0.4 is 10.1 Å². The van der Waals surface area contributed by atoms with Crippen molar-refractivity contribution >= 4 is 45.6 Å². The molecule has 5 rings (SSSR count). The number of hydrogen-bond acceptors (Lipinski definition) is 4. The summed E-state index contributed by atoms with van der Waals surface area (Å²) in [4.78, 5) is 21.1. The molecule has 0 atom stereocenters. The van der Waals surface area contributed by atoms with Crippen LogP contribution in [0.1, 0.15) is 44.9 Å². The Morgan fingerprint density at radius 1 is 1.06 bits per heavy atom. The van der Waals surface area contributed by atoms with Crippen molar-refractivity contribution < 1.29 is 9.53 Å². The summed E-state index contributed by atoms with van der Waals surface area (Å²) in [5.74, 6) is 0.478. The highest BCUT2D eigenvalue weighted by molar-refractivity contribution is 7.19. The second kappa shape index (κ2) is 9.54. The molecule has 0 bridgehead atoms. The Balaban J connectivity index is 0.00000259. The van der Waals surface area contributed by atoms with E-state index < -0.39 is 0 Å². The molecule has 1 aliphatic rings. The number of rotatable bonds is 4. The number of carbonyl (C=O) groups is 1. The molecular formula is C27H27ClN2O2S. The molecule has 2 heterocycles. The van der Waals surface area contributed by atoms with E-state index in [0.717, 1.165) is 39.9 Å². The van der Waals surface area contributed by atoms with Gasteiger partial charge in [0.05, 0.1) is 24.1 Å². The zero-order valence-corrected chi connectivity index (χ0v) is 20.7. The topological polar surface area (TPSA) is 51.2 Å². The number of anilines is 1. The number of fused-ring (bicyclic) bond motifs is 3. The SMILES string of the molecule is COc1ccccc1NC(=O)c1c(C)nc2sc3c(c2c1-c1cccc(C)c1)CCCC3.Cl. The number of para-hydroxylation sites is 2. The lowest BCUT2D eigenvalue weighted by atomic mass is 9.89. The molecule has 1 N–H and O–H groups in total. The first-order valence-electron chi connectivity index (χ1n) is 11.0. The van der Waals surface area contributed by atoms with Crippen LogP contribution >= 0.6 is 23.7 Å². The van der Waals surface area contributed by atoms with Crippen LogP contribution in [0.15, 0.2) is 48.5 Å². The second-order valence-electron chi connectivity index (χ2n) is 8.36. The number of benzene rings is 2. The number of pyridine rings is 1. The molecule has 0 unspecified atom stereocenters. The molecule has 1 aliphatic carbocycles. The summed E-state index contributed by atoms with van der Waals surface area (Å²) >= 11 is 1.79. The molecule has 0 fully saturated rings. The fourth-order valence-corrected chi connectivity index (χ4v) is 6.02. The van der Waals surface area contributed by atoms with Crippen LogP contribution in [0.4, 0.5) is 5.69 Å². The largest absolute Gasteiger partial charge is 0.495 e. The standard InChI is InChI=1S/C27H26N2O2S.ClH/c1-16-9-8-10-18(15-16)24-23(26(30)29-20-12-5-6-13-21(20)31-3)17(2)28-27-25(24)19-11-4-7-14-22(19)32-27;/h5-6,8-10,12-13,15H,4,7,11,14H2,1-3H3,(H,29,30);1H. The zero-order chi connectivity index (χ0) is 22.2. The van der Waals surface area contributed by atoms with E-state index >= 15 is 0 Å². The number of amides is 1. The van der Waals surface area contributed by atoms with Gasteiger partial charge >= 0.3 is 0 Å². The summed E-state index contributed by atoms with van der Waals surface area (Å²) in [5, 5.41) is 4.24. The molecule has 0 saturated heterocycles. The number of aromatic nitrogens is 1. The van der Waals surface area contributed by atoms with Crippen molar-refractivity contribution in [2.45, 2.75) is 39.5 Å². The maximum absolute atomic E-state index is 13.7. The Bertz CT molecular complexity index is 1350. The van der Waals surface area contributed by atoms with Crippen molar-refractivity contribution in [3.8, 4) is 16.9 Å². The van der Waals surface area contributed by atoms with Gasteiger partial charge in [0.1, 0.15) is 10.6 Å². The number of methoxy groups -OCH3 is 1. The van der Waals surface area contributed by atoms with E-state index in [1.54, 1.807) is 18.4 Å². The van der Waals surface area contributed by atoms with E-state index in [9.17, 15) is 4.79 Å². The summed E-state index contributed by atoms with van der Waals surface area (Å²) < 4.78 is 5.45. The second-order valence-corrected chi connectivity index (χ2v) is 9.45. The summed E-state index contributed by atoms with van der Waals surface area (Å²) in [7, 11) is 1.61. The van der Waals surface area contributed by atoms with Crippen LogP contribution in [-0.2, 0) is 12.8 Å². The minimum atomic E-state index is -0.159. The summed E-state index contributed by atoms with van der Waals surface area (Å²) in [6.45, 7) is 4.03. The number of carbonyl (C=O) groups excluding carboxylic acids is 1. The number of halogens is 1. The molecule has 2 aromatic carbocycles. The normalized spacial score (nSPS) is 12.7. The predicted molar refractivity (Wildman–Crippen MR) is 139 cm³/mol. The smallest absolute Gasteiger partial charge is 0.258 e. The van der Waals surface area contributed by atoms with Crippen LogP contribution in [0.3, 0.4) is 0 Å². The van der Waals surface area contributed by atoms with Crippen LogP contribution in [0.5, 0.6) is 5.75 Å². The van der Waals surface area contributed by atoms with E-state index in [1.165, 1.54) is 28.8 Å². The third-order valence-electron chi connectivity index (χ3n) is 6.17. The highest BCUT2D eigenvalue weighted by Crippen LogP contribution is 2.43. The number of hydrogen-bond donors (Lipinski definition) is 1. The number of nitrogens with one attached hydrogen (secondary N) is 1. The van der Waals surface area contributed by atoms with Crippen LogP contribution in [0.25, 0.3) is 21.3 Å². The molecule has 0 spiro atoms. The van der Waals surface area contributed by atoms with Gasteiger partial charge in [-0.2, -0.15) is 0 Å².